The molecule has 1 atom stereocenters. The van der Waals surface area contributed by atoms with E-state index in [1.54, 1.807) is 11.9 Å². The van der Waals surface area contributed by atoms with E-state index >= 15 is 0 Å². The Morgan fingerprint density at radius 3 is 2.75 bits per heavy atom. The lowest BCUT2D eigenvalue weighted by atomic mass is 10.1. The van der Waals surface area contributed by atoms with Gasteiger partial charge in [-0.25, -0.2) is 4.79 Å². The van der Waals surface area contributed by atoms with Crippen LogP contribution >= 0.6 is 0 Å². The lowest BCUT2D eigenvalue weighted by Gasteiger charge is -2.33. The number of aromatic nitrogens is 1. The minimum absolute atomic E-state index is 0.0115. The topological polar surface area (TPSA) is 66.4 Å². The summed E-state index contributed by atoms with van der Waals surface area (Å²) in [6.07, 6.45) is 2.69. The van der Waals surface area contributed by atoms with Crippen LogP contribution in [0, 0.1) is 0 Å². The fourth-order valence-electron chi connectivity index (χ4n) is 2.90. The maximum Gasteiger partial charge on any atom is 0.314 e. The largest absolute Gasteiger partial charge is 0.341 e. The Morgan fingerprint density at radius 2 is 1.96 bits per heavy atom. The van der Waals surface area contributed by atoms with Crippen LogP contribution in [-0.4, -0.2) is 47.6 Å². The van der Waals surface area contributed by atoms with Crippen LogP contribution in [0.1, 0.15) is 16.1 Å². The van der Waals surface area contributed by atoms with Gasteiger partial charge in [0.25, 0.3) is 5.91 Å². The van der Waals surface area contributed by atoms with Gasteiger partial charge in [0.2, 0.25) is 0 Å². The second-order valence-electron chi connectivity index (χ2n) is 5.99. The smallest absolute Gasteiger partial charge is 0.314 e. The molecule has 0 radical (unpaired) electrons. The number of nitrogens with zero attached hydrogens (tertiary/aromatic N) is 2. The fourth-order valence-corrected chi connectivity index (χ4v) is 2.90. The number of urea groups is 1. The van der Waals surface area contributed by atoms with Gasteiger partial charge in [0.1, 0.15) is 5.69 Å². The van der Waals surface area contributed by atoms with E-state index in [1.165, 1.54) is 5.56 Å². The van der Waals surface area contributed by atoms with Crippen molar-refractivity contribution in [2.24, 2.45) is 0 Å². The molecule has 3 amide bonds. The quantitative estimate of drug-likeness (QED) is 0.874. The summed E-state index contributed by atoms with van der Waals surface area (Å²) in [5.74, 6) is -0.0115. The Bertz CT molecular complexity index is 711. The third kappa shape index (κ3) is 3.59. The number of carbonyl (C=O) groups is 2. The summed E-state index contributed by atoms with van der Waals surface area (Å²) < 4.78 is 1.93. The van der Waals surface area contributed by atoms with Gasteiger partial charge in [-0.3, -0.25) is 4.79 Å². The van der Waals surface area contributed by atoms with Crippen molar-refractivity contribution < 1.29 is 9.59 Å². The first kappa shape index (κ1) is 16.1. The summed E-state index contributed by atoms with van der Waals surface area (Å²) in [7, 11) is 1.78. The Balaban J connectivity index is 1.44. The summed E-state index contributed by atoms with van der Waals surface area (Å²) in [4.78, 5) is 25.9. The van der Waals surface area contributed by atoms with Crippen LogP contribution in [-0.2, 0) is 13.0 Å². The molecule has 0 aliphatic carbocycles. The molecule has 1 aliphatic heterocycles. The van der Waals surface area contributed by atoms with E-state index in [0.29, 0.717) is 25.3 Å². The van der Waals surface area contributed by atoms with Crippen LogP contribution in [0.5, 0.6) is 0 Å². The maximum atomic E-state index is 12.2. The zero-order valence-corrected chi connectivity index (χ0v) is 13.7. The second-order valence-corrected chi connectivity index (χ2v) is 5.99. The van der Waals surface area contributed by atoms with E-state index in [-0.39, 0.29) is 18.0 Å². The van der Waals surface area contributed by atoms with Gasteiger partial charge in [0, 0.05) is 32.9 Å². The zero-order chi connectivity index (χ0) is 16.9. The molecule has 0 bridgehead atoms. The number of carbonyl (C=O) groups excluding carboxylic acids is 2. The number of amides is 3. The molecule has 2 heterocycles. The molecular weight excluding hydrogens is 304 g/mol. The van der Waals surface area contributed by atoms with Crippen LogP contribution in [0.25, 0.3) is 0 Å². The van der Waals surface area contributed by atoms with Crippen molar-refractivity contribution in [1.82, 2.24) is 20.1 Å². The van der Waals surface area contributed by atoms with Gasteiger partial charge in [-0.15, -0.1) is 0 Å². The maximum absolute atomic E-state index is 12.2. The zero-order valence-electron chi connectivity index (χ0n) is 13.7. The van der Waals surface area contributed by atoms with Crippen LogP contribution < -0.4 is 10.6 Å². The summed E-state index contributed by atoms with van der Waals surface area (Å²) >= 11 is 0. The minimum Gasteiger partial charge on any atom is -0.341 e. The van der Waals surface area contributed by atoms with Crippen LogP contribution in [0.15, 0.2) is 48.7 Å². The Morgan fingerprint density at radius 1 is 1.17 bits per heavy atom. The molecule has 3 rings (SSSR count). The van der Waals surface area contributed by atoms with Gasteiger partial charge < -0.3 is 20.1 Å². The molecule has 126 valence electrons. The van der Waals surface area contributed by atoms with Gasteiger partial charge in [-0.05, 0) is 24.1 Å². The van der Waals surface area contributed by atoms with Crippen molar-refractivity contribution in [2.75, 3.05) is 20.1 Å². The molecule has 1 aromatic heterocycles. The van der Waals surface area contributed by atoms with Gasteiger partial charge in [-0.2, -0.15) is 0 Å². The van der Waals surface area contributed by atoms with Crippen molar-refractivity contribution >= 4 is 11.9 Å². The Kier molecular flexibility index (Phi) is 4.84. The average Bonchev–Trinajstić information content (AvgIpc) is 3.06. The number of rotatable bonds is 5. The molecule has 0 spiro atoms. The SMILES string of the molecule is CN1C(=O)c2cccn2CC1CNC(=O)NCCc1ccccc1. The molecule has 0 saturated carbocycles. The molecular formula is C18H22N4O2. The lowest BCUT2D eigenvalue weighted by Crippen LogP contribution is -2.52. The number of likely N-dealkylation sites (N-methyl/N-ethyl adjacent to an activating group) is 1. The highest BCUT2D eigenvalue weighted by Gasteiger charge is 2.29. The van der Waals surface area contributed by atoms with E-state index in [0.717, 1.165) is 6.42 Å². The Hall–Kier alpha value is -2.76. The first-order chi connectivity index (χ1) is 11.6. The highest BCUT2D eigenvalue weighted by molar-refractivity contribution is 5.93. The monoisotopic (exact) mass is 326 g/mol. The van der Waals surface area contributed by atoms with Crippen molar-refractivity contribution in [3.63, 3.8) is 0 Å². The van der Waals surface area contributed by atoms with E-state index in [2.05, 4.69) is 10.6 Å². The standard InChI is InChI=1S/C18H22N4O2/c1-21-15(13-22-11-5-8-16(22)17(21)23)12-20-18(24)19-10-9-14-6-3-2-4-7-14/h2-8,11,15H,9-10,12-13H2,1H3,(H2,19,20,24). The highest BCUT2D eigenvalue weighted by Crippen LogP contribution is 2.16. The summed E-state index contributed by atoms with van der Waals surface area (Å²) in [5.41, 5.74) is 1.89. The van der Waals surface area contributed by atoms with Gasteiger partial charge in [-0.1, -0.05) is 30.3 Å². The normalized spacial score (nSPS) is 16.6. The van der Waals surface area contributed by atoms with Crippen LogP contribution in [0.4, 0.5) is 4.79 Å². The van der Waals surface area contributed by atoms with Crippen LogP contribution in [0.3, 0.4) is 0 Å². The second kappa shape index (κ2) is 7.21. The molecule has 2 aromatic rings. The van der Waals surface area contributed by atoms with Gasteiger partial charge >= 0.3 is 6.03 Å². The number of benzene rings is 1. The van der Waals surface area contributed by atoms with Gasteiger partial charge in [0.05, 0.1) is 6.04 Å². The molecule has 6 heteroatoms. The Labute approximate surface area is 141 Å². The number of nitrogens with one attached hydrogen (secondary N) is 2. The van der Waals surface area contributed by atoms with Crippen molar-refractivity contribution in [1.29, 1.82) is 0 Å². The molecule has 24 heavy (non-hydrogen) atoms. The predicted octanol–water partition coefficient (Wildman–Crippen LogP) is 1.48. The highest BCUT2D eigenvalue weighted by atomic mass is 16.2. The summed E-state index contributed by atoms with van der Waals surface area (Å²) in [5, 5.41) is 5.71. The molecule has 2 N–H and O–H groups in total. The third-order valence-corrected chi connectivity index (χ3v) is 4.36. The average molecular weight is 326 g/mol. The van der Waals surface area contributed by atoms with Crippen molar-refractivity contribution in [3.8, 4) is 0 Å². The molecule has 0 fully saturated rings. The summed E-state index contributed by atoms with van der Waals surface area (Å²) in [6.45, 7) is 1.70. The molecule has 1 aliphatic rings. The van der Waals surface area contributed by atoms with Crippen LogP contribution in [0.2, 0.25) is 0 Å². The first-order valence-corrected chi connectivity index (χ1v) is 8.13. The minimum atomic E-state index is -0.204. The number of fused-ring (bicyclic) bond motifs is 1. The van der Waals surface area contributed by atoms with E-state index < -0.39 is 0 Å². The van der Waals surface area contributed by atoms with E-state index in [1.807, 2.05) is 53.2 Å². The molecule has 6 nitrogen and oxygen atoms in total. The van der Waals surface area contributed by atoms with E-state index in [4.69, 9.17) is 0 Å². The molecule has 1 unspecified atom stereocenters. The third-order valence-electron chi connectivity index (χ3n) is 4.36. The van der Waals surface area contributed by atoms with Gasteiger partial charge in [0.15, 0.2) is 0 Å². The molecule has 0 saturated heterocycles. The number of hydrogen-bond donors (Lipinski definition) is 2. The molecule has 1 aromatic carbocycles. The fraction of sp³-hybridized carbons (Fsp3) is 0.333. The van der Waals surface area contributed by atoms with E-state index in [9.17, 15) is 9.59 Å². The first-order valence-electron chi connectivity index (χ1n) is 8.13. The van der Waals surface area contributed by atoms with Crippen molar-refractivity contribution in [2.45, 2.75) is 19.0 Å². The lowest BCUT2D eigenvalue weighted by molar-refractivity contribution is 0.0657. The summed E-state index contributed by atoms with van der Waals surface area (Å²) in [6, 6.07) is 13.5. The van der Waals surface area contributed by atoms with Crippen molar-refractivity contribution in [3.05, 3.63) is 59.9 Å². The predicted molar refractivity (Wildman–Crippen MR) is 91.9 cm³/mol. The number of hydrogen-bond acceptors (Lipinski definition) is 2.